The molecule has 0 aliphatic carbocycles. The number of pyridine rings is 1. The van der Waals surface area contributed by atoms with E-state index in [-0.39, 0.29) is 42.3 Å². The summed E-state index contributed by atoms with van der Waals surface area (Å²) in [6.45, 7) is 5.60. The number of carbonyl (C=O) groups is 1. The van der Waals surface area contributed by atoms with Gasteiger partial charge in [0.15, 0.2) is 5.82 Å². The average Bonchev–Trinajstić information content (AvgIpc) is 3.29. The van der Waals surface area contributed by atoms with Crippen LogP contribution in [0.5, 0.6) is 5.75 Å². The summed E-state index contributed by atoms with van der Waals surface area (Å²) in [5.74, 6) is -1.51. The van der Waals surface area contributed by atoms with Crippen LogP contribution in [-0.2, 0) is 47.1 Å². The number of aliphatic carboxylic acids is 1. The first-order valence-corrected chi connectivity index (χ1v) is 13.6. The van der Waals surface area contributed by atoms with Crippen LogP contribution < -0.4 is 9.46 Å². The van der Waals surface area contributed by atoms with Gasteiger partial charge in [0.2, 0.25) is 0 Å². The van der Waals surface area contributed by atoms with E-state index in [0.717, 1.165) is 6.07 Å². The Morgan fingerprint density at radius 2 is 1.90 bits per heavy atom. The zero-order valence-corrected chi connectivity index (χ0v) is 23.4. The van der Waals surface area contributed by atoms with Crippen molar-refractivity contribution in [2.45, 2.75) is 51.7 Å². The van der Waals surface area contributed by atoms with Gasteiger partial charge < -0.3 is 23.6 Å². The Bertz CT molecular complexity index is 1520. The first kappa shape index (κ1) is 29.5. The van der Waals surface area contributed by atoms with E-state index < -0.39 is 40.1 Å². The van der Waals surface area contributed by atoms with Crippen LogP contribution >= 0.6 is 0 Å². The van der Waals surface area contributed by atoms with Gasteiger partial charge in [-0.3, -0.25) is 9.78 Å². The molecule has 4 aromatic rings. The molecule has 2 aromatic heterocycles. The summed E-state index contributed by atoms with van der Waals surface area (Å²) in [6, 6.07) is 10.5. The van der Waals surface area contributed by atoms with Crippen molar-refractivity contribution in [3.8, 4) is 16.9 Å². The normalized spacial score (nSPS) is 12.6. The Morgan fingerprint density at radius 1 is 1.12 bits per heavy atom. The molecule has 4 rings (SSSR count). The molecule has 0 fully saturated rings. The maximum Gasteiger partial charge on any atom is 0.307 e. The van der Waals surface area contributed by atoms with Crippen LogP contribution in [0.2, 0.25) is 0 Å². The fraction of sp³-hybridized carbons (Fsp3) is 0.310. The van der Waals surface area contributed by atoms with E-state index in [9.17, 15) is 18.8 Å². The van der Waals surface area contributed by atoms with Gasteiger partial charge >= 0.3 is 5.97 Å². The third-order valence-electron chi connectivity index (χ3n) is 5.95. The number of hydrogen-bond donors (Lipinski definition) is 2. The largest absolute Gasteiger partial charge is 0.598 e. The predicted octanol–water partition coefficient (Wildman–Crippen LogP) is 5.68. The molecular formula is C29H30F2N2O6S. The van der Waals surface area contributed by atoms with E-state index in [2.05, 4.69) is 9.71 Å². The molecule has 40 heavy (non-hydrogen) atoms. The number of aromatic nitrogens is 1. The maximum atomic E-state index is 15.8. The van der Waals surface area contributed by atoms with Gasteiger partial charge in [0.25, 0.3) is 0 Å². The zero-order chi connectivity index (χ0) is 29.0. The summed E-state index contributed by atoms with van der Waals surface area (Å²) in [5, 5.41) is 9.87. The van der Waals surface area contributed by atoms with Crippen molar-refractivity contribution in [3.63, 3.8) is 0 Å². The molecular weight excluding hydrogens is 542 g/mol. The minimum Gasteiger partial charge on any atom is -0.598 e. The van der Waals surface area contributed by atoms with Crippen molar-refractivity contribution in [3.05, 3.63) is 82.9 Å². The van der Waals surface area contributed by atoms with Gasteiger partial charge in [0, 0.05) is 46.7 Å². The second-order valence-electron chi connectivity index (χ2n) is 10.1. The van der Waals surface area contributed by atoms with Crippen LogP contribution in [0.1, 0.15) is 43.4 Å². The second-order valence-corrected chi connectivity index (χ2v) is 12.2. The third kappa shape index (κ3) is 6.97. The minimum absolute atomic E-state index is 0.00232. The van der Waals surface area contributed by atoms with Gasteiger partial charge in [-0.05, 0) is 68.8 Å². The van der Waals surface area contributed by atoms with Crippen LogP contribution in [0.4, 0.5) is 8.78 Å². The van der Waals surface area contributed by atoms with E-state index in [1.165, 1.54) is 31.5 Å². The van der Waals surface area contributed by atoms with Crippen LogP contribution in [0.25, 0.3) is 22.1 Å². The number of nitrogens with zero attached hydrogens (tertiary/aromatic N) is 1. The Kier molecular flexibility index (Phi) is 9.09. The Morgan fingerprint density at radius 3 is 2.60 bits per heavy atom. The lowest BCUT2D eigenvalue weighted by molar-refractivity contribution is -0.136. The molecule has 0 unspecified atom stereocenters. The van der Waals surface area contributed by atoms with E-state index in [4.69, 9.17) is 13.9 Å². The third-order valence-corrected chi connectivity index (χ3v) is 7.47. The molecule has 0 saturated carbocycles. The molecule has 2 heterocycles. The van der Waals surface area contributed by atoms with Crippen LogP contribution in [0.15, 0.2) is 53.1 Å². The molecule has 0 radical (unpaired) electrons. The number of hydrogen-bond acceptors (Lipinski definition) is 7. The highest BCUT2D eigenvalue weighted by atomic mass is 32.2. The SMILES string of the molecule is COCc1cc2cc(COc3ccc(F)cc3CC(=O)O)cc(-c3ccnc(CN[S@@+]([O-])C(C)(C)C)c3F)c2o1. The highest BCUT2D eigenvalue weighted by Crippen LogP contribution is 2.35. The first-order chi connectivity index (χ1) is 19.0. The molecule has 8 nitrogen and oxygen atoms in total. The van der Waals surface area contributed by atoms with Gasteiger partial charge in [-0.2, -0.15) is 0 Å². The zero-order valence-electron chi connectivity index (χ0n) is 22.5. The van der Waals surface area contributed by atoms with Crippen molar-refractivity contribution in [1.82, 2.24) is 9.71 Å². The molecule has 0 saturated heterocycles. The summed E-state index contributed by atoms with van der Waals surface area (Å²) in [6.07, 6.45) is 1.07. The lowest BCUT2D eigenvalue weighted by Gasteiger charge is -2.23. The highest BCUT2D eigenvalue weighted by molar-refractivity contribution is 7.90. The molecule has 0 aliphatic heterocycles. The number of furan rings is 1. The van der Waals surface area contributed by atoms with Gasteiger partial charge in [-0.1, -0.05) is 0 Å². The minimum atomic E-state index is -1.42. The number of rotatable bonds is 11. The smallest absolute Gasteiger partial charge is 0.307 e. The lowest BCUT2D eigenvalue weighted by atomic mass is 10.00. The van der Waals surface area contributed by atoms with Crippen LogP contribution in [-0.4, -0.2) is 32.5 Å². The van der Waals surface area contributed by atoms with Crippen molar-refractivity contribution in [1.29, 1.82) is 0 Å². The van der Waals surface area contributed by atoms with Crippen molar-refractivity contribution < 1.29 is 37.1 Å². The quantitative estimate of drug-likeness (QED) is 0.221. The summed E-state index contributed by atoms with van der Waals surface area (Å²) in [4.78, 5) is 15.4. The molecule has 1 atom stereocenters. The number of methoxy groups -OCH3 is 1. The Hall–Kier alpha value is -3.51. The van der Waals surface area contributed by atoms with Gasteiger partial charge in [0.1, 0.15) is 40.9 Å². The molecule has 0 bridgehead atoms. The standard InChI is InChI=1S/C29H30F2N2O6S/c1-29(2,3)40(36)33-14-24-27(31)22(7-8-32-24)23-10-17(9-19-12-21(16-37-4)39-28(19)23)15-38-25-6-5-20(30)11-18(25)13-26(34)35/h5-12,33H,13-16H2,1-4H3,(H,34,35)/t40-/m0/s1. The molecule has 2 N–H and O–H groups in total. The monoisotopic (exact) mass is 572 g/mol. The molecule has 2 aromatic carbocycles. The van der Waals surface area contributed by atoms with Gasteiger partial charge in [-0.15, -0.1) is 4.72 Å². The van der Waals surface area contributed by atoms with Crippen molar-refractivity contribution in [2.75, 3.05) is 7.11 Å². The number of nitrogens with one attached hydrogen (secondary N) is 1. The average molecular weight is 573 g/mol. The molecule has 212 valence electrons. The number of ether oxygens (including phenoxy) is 2. The van der Waals surface area contributed by atoms with E-state index >= 15 is 4.39 Å². The maximum absolute atomic E-state index is 15.8. The molecule has 0 amide bonds. The number of carboxylic acid groups (broad SMARTS) is 1. The number of fused-ring (bicyclic) bond motifs is 1. The second kappa shape index (κ2) is 12.3. The Labute approximate surface area is 233 Å². The summed E-state index contributed by atoms with van der Waals surface area (Å²) < 4.78 is 61.4. The summed E-state index contributed by atoms with van der Waals surface area (Å²) in [7, 11) is 1.54. The fourth-order valence-corrected chi connectivity index (χ4v) is 4.79. The van der Waals surface area contributed by atoms with Crippen molar-refractivity contribution >= 4 is 28.3 Å². The van der Waals surface area contributed by atoms with E-state index in [0.29, 0.717) is 27.9 Å². The van der Waals surface area contributed by atoms with Crippen LogP contribution in [0, 0.1) is 11.6 Å². The topological polar surface area (TPSA) is 117 Å². The van der Waals surface area contributed by atoms with Crippen LogP contribution in [0.3, 0.4) is 0 Å². The number of carboxylic acids is 1. The summed E-state index contributed by atoms with van der Waals surface area (Å²) in [5.41, 5.74) is 2.05. The molecule has 0 spiro atoms. The summed E-state index contributed by atoms with van der Waals surface area (Å²) >= 11 is -1.42. The van der Waals surface area contributed by atoms with Gasteiger partial charge in [-0.25, -0.2) is 8.78 Å². The molecule has 11 heteroatoms. The van der Waals surface area contributed by atoms with Crippen molar-refractivity contribution in [2.24, 2.45) is 0 Å². The van der Waals surface area contributed by atoms with E-state index in [1.54, 1.807) is 12.1 Å². The molecule has 0 aliphatic rings. The Balaban J connectivity index is 1.71. The van der Waals surface area contributed by atoms with Gasteiger partial charge in [0.05, 0.1) is 18.7 Å². The number of halogens is 2. The number of benzene rings is 2. The van der Waals surface area contributed by atoms with E-state index in [1.807, 2.05) is 26.8 Å². The predicted molar refractivity (Wildman–Crippen MR) is 147 cm³/mol. The first-order valence-electron chi connectivity index (χ1n) is 12.4. The fourth-order valence-electron chi connectivity index (χ4n) is 4.09. The lowest BCUT2D eigenvalue weighted by Crippen LogP contribution is -2.39. The highest BCUT2D eigenvalue weighted by Gasteiger charge is 2.27.